The summed E-state index contributed by atoms with van der Waals surface area (Å²) in [5, 5.41) is 4.43. The second-order valence-electron chi connectivity index (χ2n) is 8.10. The van der Waals surface area contributed by atoms with Gasteiger partial charge in [0, 0.05) is 24.3 Å². The Morgan fingerprint density at radius 1 is 1.06 bits per heavy atom. The van der Waals surface area contributed by atoms with Crippen LogP contribution >= 0.6 is 11.8 Å². The molecule has 1 saturated carbocycles. The van der Waals surface area contributed by atoms with Crippen LogP contribution < -0.4 is 0 Å². The first-order chi connectivity index (χ1) is 16.1. The van der Waals surface area contributed by atoms with E-state index in [0.29, 0.717) is 23.6 Å². The molecule has 4 heterocycles. The van der Waals surface area contributed by atoms with Crippen molar-refractivity contribution in [1.29, 1.82) is 0 Å². The molecule has 12 heteroatoms. The zero-order chi connectivity index (χ0) is 24.3. The predicted molar refractivity (Wildman–Crippen MR) is 117 cm³/mol. The van der Waals surface area contributed by atoms with Crippen molar-refractivity contribution in [3.63, 3.8) is 0 Å². The Bertz CT molecular complexity index is 1370. The number of fused-ring (bicyclic) bond motifs is 1. The summed E-state index contributed by atoms with van der Waals surface area (Å²) < 4.78 is 69.4. The van der Waals surface area contributed by atoms with Crippen LogP contribution in [0, 0.1) is 0 Å². The van der Waals surface area contributed by atoms with Crippen LogP contribution in [-0.2, 0) is 13.0 Å². The topological polar surface area (TPSA) is 61.4 Å². The van der Waals surface area contributed by atoms with Crippen molar-refractivity contribution in [2.24, 2.45) is 7.05 Å². The molecular formula is C22H19F5N6S. The molecule has 0 spiro atoms. The normalized spacial score (nSPS) is 14.8. The largest absolute Gasteiger partial charge is 0.458 e. The van der Waals surface area contributed by atoms with Crippen molar-refractivity contribution in [3.8, 4) is 17.2 Å². The van der Waals surface area contributed by atoms with E-state index in [4.69, 9.17) is 0 Å². The van der Waals surface area contributed by atoms with Gasteiger partial charge in [0.15, 0.2) is 11.5 Å². The number of hydrogen-bond acceptors (Lipinski definition) is 5. The Morgan fingerprint density at radius 3 is 2.50 bits per heavy atom. The first kappa shape index (κ1) is 22.8. The minimum atomic E-state index is -5.73. The molecule has 0 aliphatic heterocycles. The molecule has 0 unspecified atom stereocenters. The average Bonchev–Trinajstić information content (AvgIpc) is 3.43. The average molecular weight is 494 g/mol. The summed E-state index contributed by atoms with van der Waals surface area (Å²) in [5.41, 5.74) is 1.27. The van der Waals surface area contributed by atoms with E-state index in [1.807, 2.05) is 25.4 Å². The number of aromatic nitrogens is 6. The van der Waals surface area contributed by atoms with E-state index in [-0.39, 0.29) is 11.2 Å². The summed E-state index contributed by atoms with van der Waals surface area (Å²) in [4.78, 5) is 13.5. The number of aryl methyl sites for hydroxylation is 1. The monoisotopic (exact) mass is 494 g/mol. The molecule has 0 N–H and O–H groups in total. The molecule has 0 radical (unpaired) electrons. The second-order valence-corrected chi connectivity index (χ2v) is 9.40. The number of hydrogen-bond donors (Lipinski definition) is 0. The molecular weight excluding hydrogens is 475 g/mol. The summed E-state index contributed by atoms with van der Waals surface area (Å²) in [6.07, 6.45) is 2.60. The maximum absolute atomic E-state index is 13.8. The van der Waals surface area contributed by atoms with Gasteiger partial charge in [-0.2, -0.15) is 27.1 Å². The van der Waals surface area contributed by atoms with Gasteiger partial charge >= 0.3 is 12.1 Å². The highest BCUT2D eigenvalue weighted by atomic mass is 32.2. The van der Waals surface area contributed by atoms with Crippen LogP contribution in [0.3, 0.4) is 0 Å². The molecule has 0 amide bonds. The van der Waals surface area contributed by atoms with Crippen LogP contribution in [-0.4, -0.2) is 41.2 Å². The molecule has 4 aromatic rings. The Hall–Kier alpha value is -3.02. The predicted octanol–water partition coefficient (Wildman–Crippen LogP) is 5.86. The van der Waals surface area contributed by atoms with Crippen LogP contribution in [0.15, 0.2) is 41.8 Å². The van der Waals surface area contributed by atoms with E-state index in [2.05, 4.69) is 20.1 Å². The van der Waals surface area contributed by atoms with Crippen LogP contribution in [0.1, 0.15) is 36.8 Å². The van der Waals surface area contributed by atoms with Crippen LogP contribution in [0.5, 0.6) is 0 Å². The summed E-state index contributed by atoms with van der Waals surface area (Å²) >= 11 is 1.51. The minimum absolute atomic E-state index is 0.0709. The first-order valence-electron chi connectivity index (χ1n) is 10.6. The van der Waals surface area contributed by atoms with Gasteiger partial charge in [0.1, 0.15) is 11.2 Å². The van der Waals surface area contributed by atoms with Crippen molar-refractivity contribution < 1.29 is 22.0 Å². The third-order valence-corrected chi connectivity index (χ3v) is 6.60. The minimum Gasteiger partial charge on any atom is -0.310 e. The van der Waals surface area contributed by atoms with Gasteiger partial charge < -0.3 is 4.57 Å². The number of thioether (sulfide) groups is 1. The standard InChI is InChI=1S/C22H19F5N6S/c1-3-34-17-7-15(33-11-13(8-30-33)12-4-5-12)10-28-18(17)20-31-16-6-14(9-29-19(16)32(20)2)21(23,24)22(25,26)27/h6-12H,3-5H2,1-2H3. The lowest BCUT2D eigenvalue weighted by Crippen LogP contribution is -2.33. The maximum Gasteiger partial charge on any atom is 0.458 e. The van der Waals surface area contributed by atoms with Crippen LogP contribution in [0.4, 0.5) is 22.0 Å². The van der Waals surface area contributed by atoms with E-state index in [1.165, 1.54) is 21.9 Å². The van der Waals surface area contributed by atoms with Gasteiger partial charge in [0.25, 0.3) is 0 Å². The lowest BCUT2D eigenvalue weighted by atomic mass is 10.1. The molecule has 1 fully saturated rings. The van der Waals surface area contributed by atoms with Crippen molar-refractivity contribution >= 4 is 22.9 Å². The molecule has 0 aromatic carbocycles. The fourth-order valence-corrected chi connectivity index (χ4v) is 4.52. The van der Waals surface area contributed by atoms with E-state index in [1.54, 1.807) is 17.9 Å². The lowest BCUT2D eigenvalue weighted by Gasteiger charge is -2.19. The number of pyridine rings is 2. The fourth-order valence-electron chi connectivity index (χ4n) is 3.72. The van der Waals surface area contributed by atoms with Gasteiger partial charge in [0.05, 0.1) is 23.6 Å². The highest BCUT2D eigenvalue weighted by molar-refractivity contribution is 7.99. The Kier molecular flexibility index (Phi) is 5.38. The second kappa shape index (κ2) is 8.03. The van der Waals surface area contributed by atoms with Crippen LogP contribution in [0.2, 0.25) is 0 Å². The highest BCUT2D eigenvalue weighted by Crippen LogP contribution is 2.44. The lowest BCUT2D eigenvalue weighted by molar-refractivity contribution is -0.289. The molecule has 34 heavy (non-hydrogen) atoms. The van der Waals surface area contributed by atoms with E-state index < -0.39 is 17.7 Å². The summed E-state index contributed by atoms with van der Waals surface area (Å²) in [6, 6.07) is 2.64. The molecule has 0 saturated heterocycles. The fraction of sp³-hybridized carbons (Fsp3) is 0.364. The summed E-state index contributed by atoms with van der Waals surface area (Å²) in [5.74, 6) is -3.42. The molecule has 1 aliphatic carbocycles. The third-order valence-electron chi connectivity index (χ3n) is 5.69. The Morgan fingerprint density at radius 2 is 1.82 bits per heavy atom. The summed E-state index contributed by atoms with van der Waals surface area (Å²) in [6.45, 7) is 1.97. The van der Waals surface area contributed by atoms with Gasteiger partial charge in [-0.05, 0) is 42.2 Å². The molecule has 0 bridgehead atoms. The van der Waals surface area contributed by atoms with Gasteiger partial charge in [-0.3, -0.25) is 0 Å². The zero-order valence-corrected chi connectivity index (χ0v) is 19.0. The third kappa shape index (κ3) is 3.83. The first-order valence-corrected chi connectivity index (χ1v) is 11.5. The molecule has 0 atom stereocenters. The molecule has 178 valence electrons. The maximum atomic E-state index is 13.8. The van der Waals surface area contributed by atoms with Crippen molar-refractivity contribution in [2.45, 2.75) is 42.7 Å². The van der Waals surface area contributed by atoms with E-state index >= 15 is 0 Å². The van der Waals surface area contributed by atoms with Crippen molar-refractivity contribution in [1.82, 2.24) is 29.3 Å². The molecule has 4 aromatic heterocycles. The quantitative estimate of drug-likeness (QED) is 0.248. The molecule has 6 nitrogen and oxygen atoms in total. The Labute approximate surface area is 195 Å². The van der Waals surface area contributed by atoms with E-state index in [9.17, 15) is 22.0 Å². The SMILES string of the molecule is CCSc1cc(-n2cc(C3CC3)cn2)cnc1-c1nc2cc(C(F)(F)C(F)(F)F)cnc2n1C. The number of nitrogens with zero attached hydrogens (tertiary/aromatic N) is 6. The van der Waals surface area contributed by atoms with Crippen molar-refractivity contribution in [3.05, 3.63) is 48.0 Å². The van der Waals surface area contributed by atoms with Gasteiger partial charge in [-0.25, -0.2) is 19.6 Å². The number of alkyl halides is 5. The highest BCUT2D eigenvalue weighted by Gasteiger charge is 2.59. The number of imidazole rings is 1. The van der Waals surface area contributed by atoms with Crippen molar-refractivity contribution in [2.75, 3.05) is 5.75 Å². The summed E-state index contributed by atoms with van der Waals surface area (Å²) in [7, 11) is 1.62. The van der Waals surface area contributed by atoms with Gasteiger partial charge in [-0.1, -0.05) is 6.92 Å². The number of rotatable bonds is 6. The smallest absolute Gasteiger partial charge is 0.310 e. The van der Waals surface area contributed by atoms with Gasteiger partial charge in [-0.15, -0.1) is 11.8 Å². The van der Waals surface area contributed by atoms with Crippen LogP contribution in [0.25, 0.3) is 28.4 Å². The van der Waals surface area contributed by atoms with Gasteiger partial charge in [0.2, 0.25) is 0 Å². The molecule has 1 aliphatic rings. The Balaban J connectivity index is 1.57. The van der Waals surface area contributed by atoms with E-state index in [0.717, 1.165) is 35.2 Å². The number of halogens is 5. The zero-order valence-electron chi connectivity index (χ0n) is 18.1. The molecule has 5 rings (SSSR count).